The zero-order chi connectivity index (χ0) is 14.8. The molecule has 0 aliphatic carbocycles. The van der Waals surface area contributed by atoms with E-state index in [2.05, 4.69) is 11.1 Å². The molecule has 0 bridgehead atoms. The third-order valence-corrected chi connectivity index (χ3v) is 3.93. The number of thiazole rings is 1. The second kappa shape index (κ2) is 5.55. The number of rotatable bonds is 3. The lowest BCUT2D eigenvalue weighted by Gasteiger charge is -2.30. The van der Waals surface area contributed by atoms with Gasteiger partial charge >= 0.3 is 5.97 Å². The van der Waals surface area contributed by atoms with E-state index in [0.29, 0.717) is 31.2 Å². The number of morpholine rings is 1. The van der Waals surface area contributed by atoms with E-state index in [4.69, 9.17) is 15.1 Å². The summed E-state index contributed by atoms with van der Waals surface area (Å²) in [5, 5.41) is 19.7. The zero-order valence-corrected chi connectivity index (χ0v) is 11.8. The number of fused-ring (bicyclic) bond motifs is 1. The number of ether oxygens (including phenoxy) is 1. The van der Waals surface area contributed by atoms with Crippen LogP contribution in [0.2, 0.25) is 0 Å². The molecule has 1 unspecified atom stereocenters. The zero-order valence-electron chi connectivity index (χ0n) is 11.0. The molecule has 0 aromatic carbocycles. The number of anilines is 1. The number of carboxylic acids is 1. The average Bonchev–Trinajstić information content (AvgIpc) is 3.06. The molecule has 1 N–H and O–H groups in total. The van der Waals surface area contributed by atoms with Crippen LogP contribution in [0.4, 0.5) is 5.82 Å². The molecule has 2 aromatic rings. The maximum Gasteiger partial charge on any atom is 0.328 e. The second-order valence-electron chi connectivity index (χ2n) is 4.48. The van der Waals surface area contributed by atoms with Crippen LogP contribution in [0.1, 0.15) is 5.69 Å². The molecule has 1 saturated heterocycles. The van der Waals surface area contributed by atoms with Crippen LogP contribution in [0, 0.1) is 11.3 Å². The van der Waals surface area contributed by atoms with Gasteiger partial charge in [-0.2, -0.15) is 5.26 Å². The summed E-state index contributed by atoms with van der Waals surface area (Å²) in [7, 11) is 0. The number of imidazole rings is 1. The molecule has 1 atom stereocenters. The highest BCUT2D eigenvalue weighted by molar-refractivity contribution is 7.15. The minimum Gasteiger partial charge on any atom is -0.478 e. The van der Waals surface area contributed by atoms with Gasteiger partial charge in [0.05, 0.1) is 24.9 Å². The van der Waals surface area contributed by atoms with Crippen molar-refractivity contribution in [2.75, 3.05) is 24.6 Å². The van der Waals surface area contributed by atoms with Gasteiger partial charge in [-0.15, -0.1) is 11.3 Å². The summed E-state index contributed by atoms with van der Waals surface area (Å²) in [6, 6.07) is 2.09. The lowest BCUT2D eigenvalue weighted by atomic mass is 10.2. The van der Waals surface area contributed by atoms with Gasteiger partial charge in [-0.25, -0.2) is 9.78 Å². The van der Waals surface area contributed by atoms with E-state index < -0.39 is 12.1 Å². The third-order valence-electron chi connectivity index (χ3n) is 3.17. The summed E-state index contributed by atoms with van der Waals surface area (Å²) in [6.07, 6.45) is 3.98. The molecule has 1 aliphatic rings. The van der Waals surface area contributed by atoms with E-state index in [0.717, 1.165) is 11.0 Å². The van der Waals surface area contributed by atoms with Crippen molar-refractivity contribution in [2.24, 2.45) is 0 Å². The quantitative estimate of drug-likeness (QED) is 0.857. The number of carbonyl (C=O) groups is 1. The van der Waals surface area contributed by atoms with E-state index in [1.54, 1.807) is 0 Å². The van der Waals surface area contributed by atoms with Crippen LogP contribution in [-0.4, -0.2) is 46.3 Å². The van der Waals surface area contributed by atoms with Crippen molar-refractivity contribution in [3.63, 3.8) is 0 Å². The molecule has 7 nitrogen and oxygen atoms in total. The van der Waals surface area contributed by atoms with Gasteiger partial charge in [0.25, 0.3) is 0 Å². The SMILES string of the molecule is N#CC1CN(c2nc3sccn3c2C=CC(=O)O)CCO1. The van der Waals surface area contributed by atoms with Gasteiger partial charge in [-0.05, 0) is 6.08 Å². The van der Waals surface area contributed by atoms with E-state index >= 15 is 0 Å². The van der Waals surface area contributed by atoms with E-state index in [9.17, 15) is 4.79 Å². The molecule has 8 heteroatoms. The van der Waals surface area contributed by atoms with Gasteiger partial charge in [0.15, 0.2) is 16.9 Å². The van der Waals surface area contributed by atoms with Crippen LogP contribution in [-0.2, 0) is 9.53 Å². The molecular weight excluding hydrogens is 292 g/mol. The molecule has 0 radical (unpaired) electrons. The van der Waals surface area contributed by atoms with Crippen LogP contribution < -0.4 is 4.90 Å². The molecular formula is C13H12N4O3S. The van der Waals surface area contributed by atoms with Crippen LogP contribution in [0.5, 0.6) is 0 Å². The highest BCUT2D eigenvalue weighted by Crippen LogP contribution is 2.27. The van der Waals surface area contributed by atoms with Gasteiger partial charge in [-0.1, -0.05) is 0 Å². The van der Waals surface area contributed by atoms with Crippen molar-refractivity contribution < 1.29 is 14.6 Å². The summed E-state index contributed by atoms with van der Waals surface area (Å²) in [4.78, 5) is 18.0. The summed E-state index contributed by atoms with van der Waals surface area (Å²) in [5.74, 6) is -0.328. The number of carboxylic acid groups (broad SMARTS) is 1. The Hall–Kier alpha value is -2.37. The van der Waals surface area contributed by atoms with Crippen molar-refractivity contribution in [1.29, 1.82) is 5.26 Å². The standard InChI is InChI=1S/C13H12N4O3S/c14-7-9-8-16(3-5-20-9)12-10(1-2-11(18)19)17-4-6-21-13(17)15-12/h1-2,4,6,9H,3,5,8H2,(H,18,19). The summed E-state index contributed by atoms with van der Waals surface area (Å²) >= 11 is 1.47. The number of aliphatic carboxylic acids is 1. The van der Waals surface area contributed by atoms with Gasteiger partial charge in [0.2, 0.25) is 0 Å². The van der Waals surface area contributed by atoms with Gasteiger partial charge < -0.3 is 14.7 Å². The van der Waals surface area contributed by atoms with E-state index in [-0.39, 0.29) is 0 Å². The largest absolute Gasteiger partial charge is 0.478 e. The Morgan fingerprint density at radius 1 is 1.67 bits per heavy atom. The molecule has 0 amide bonds. The van der Waals surface area contributed by atoms with Crippen molar-refractivity contribution in [1.82, 2.24) is 9.38 Å². The van der Waals surface area contributed by atoms with E-state index in [1.807, 2.05) is 20.9 Å². The van der Waals surface area contributed by atoms with Crippen molar-refractivity contribution in [3.8, 4) is 6.07 Å². The Balaban J connectivity index is 2.01. The Morgan fingerprint density at radius 2 is 2.52 bits per heavy atom. The average molecular weight is 304 g/mol. The molecule has 108 valence electrons. The number of aromatic nitrogens is 2. The first-order chi connectivity index (χ1) is 10.2. The van der Waals surface area contributed by atoms with Crippen LogP contribution in [0.15, 0.2) is 17.7 Å². The first-order valence-corrected chi connectivity index (χ1v) is 7.19. The number of nitriles is 1. The minimum atomic E-state index is -1.01. The van der Waals surface area contributed by atoms with Crippen LogP contribution >= 0.6 is 11.3 Å². The van der Waals surface area contributed by atoms with Crippen LogP contribution in [0.25, 0.3) is 11.0 Å². The molecule has 0 spiro atoms. The fourth-order valence-electron chi connectivity index (χ4n) is 2.25. The number of nitrogens with zero attached hydrogens (tertiary/aromatic N) is 4. The Kier molecular flexibility index (Phi) is 3.60. The molecule has 2 aromatic heterocycles. The molecule has 1 aliphatic heterocycles. The summed E-state index contributed by atoms with van der Waals surface area (Å²) in [5.41, 5.74) is 0.701. The molecule has 3 rings (SSSR count). The first-order valence-electron chi connectivity index (χ1n) is 6.32. The maximum absolute atomic E-state index is 10.8. The fourth-order valence-corrected chi connectivity index (χ4v) is 2.97. The number of hydrogen-bond acceptors (Lipinski definition) is 6. The van der Waals surface area contributed by atoms with Gasteiger partial charge in [0, 0.05) is 24.2 Å². The summed E-state index contributed by atoms with van der Waals surface area (Å²) < 4.78 is 7.17. The Labute approximate surface area is 124 Å². The monoisotopic (exact) mass is 304 g/mol. The topological polar surface area (TPSA) is 90.9 Å². The molecule has 21 heavy (non-hydrogen) atoms. The van der Waals surface area contributed by atoms with Gasteiger partial charge in [-0.3, -0.25) is 4.40 Å². The predicted octanol–water partition coefficient (Wildman–Crippen LogP) is 1.22. The smallest absolute Gasteiger partial charge is 0.328 e. The van der Waals surface area contributed by atoms with Crippen molar-refractivity contribution >= 4 is 34.2 Å². The van der Waals surface area contributed by atoms with Gasteiger partial charge in [0.1, 0.15) is 0 Å². The highest BCUT2D eigenvalue weighted by Gasteiger charge is 2.24. The normalized spacial score (nSPS) is 19.2. The molecule has 0 saturated carbocycles. The fraction of sp³-hybridized carbons (Fsp3) is 0.308. The first kappa shape index (κ1) is 13.6. The lowest BCUT2D eigenvalue weighted by molar-refractivity contribution is -0.131. The Morgan fingerprint density at radius 3 is 3.29 bits per heavy atom. The predicted molar refractivity (Wildman–Crippen MR) is 77.3 cm³/mol. The summed E-state index contributed by atoms with van der Waals surface area (Å²) in [6.45, 7) is 1.50. The maximum atomic E-state index is 10.8. The van der Waals surface area contributed by atoms with E-state index in [1.165, 1.54) is 17.4 Å². The third kappa shape index (κ3) is 2.61. The van der Waals surface area contributed by atoms with Crippen molar-refractivity contribution in [2.45, 2.75) is 6.10 Å². The number of hydrogen-bond donors (Lipinski definition) is 1. The lowest BCUT2D eigenvalue weighted by Crippen LogP contribution is -2.42. The molecule has 3 heterocycles. The van der Waals surface area contributed by atoms with Crippen LogP contribution in [0.3, 0.4) is 0 Å². The second-order valence-corrected chi connectivity index (χ2v) is 5.36. The van der Waals surface area contributed by atoms with Crippen molar-refractivity contribution in [3.05, 3.63) is 23.3 Å². The molecule has 1 fully saturated rings. The Bertz CT molecular complexity index is 742. The minimum absolute atomic E-state index is 0.426. The highest BCUT2D eigenvalue weighted by atomic mass is 32.1.